The number of aliphatic hydroxyl groups excluding tert-OH is 1. The molecule has 1 saturated carbocycles. The summed E-state index contributed by atoms with van der Waals surface area (Å²) in [6, 6.07) is 0. The monoisotopic (exact) mass is 170 g/mol. The van der Waals surface area contributed by atoms with Crippen LogP contribution in [0.3, 0.4) is 0 Å². The smallest absolute Gasteiger partial charge is 0.0594 e. The summed E-state index contributed by atoms with van der Waals surface area (Å²) in [6.07, 6.45) is 2.00. The van der Waals surface area contributed by atoms with Crippen LogP contribution >= 0.6 is 0 Å². The highest BCUT2D eigenvalue weighted by molar-refractivity contribution is 4.95. The first-order chi connectivity index (χ1) is 5.28. The molecule has 0 saturated heterocycles. The Morgan fingerprint density at radius 3 is 2.08 bits per heavy atom. The first kappa shape index (κ1) is 10.0. The van der Waals surface area contributed by atoms with E-state index in [2.05, 4.69) is 34.6 Å². The fourth-order valence-electron chi connectivity index (χ4n) is 2.39. The van der Waals surface area contributed by atoms with E-state index in [1.165, 1.54) is 0 Å². The molecule has 72 valence electrons. The molecule has 0 spiro atoms. The van der Waals surface area contributed by atoms with Gasteiger partial charge < -0.3 is 5.11 Å². The third-order valence-electron chi connectivity index (χ3n) is 4.21. The molecule has 0 aliphatic heterocycles. The van der Waals surface area contributed by atoms with E-state index < -0.39 is 0 Å². The first-order valence-corrected chi connectivity index (χ1v) is 4.96. The molecular weight excluding hydrogens is 148 g/mol. The van der Waals surface area contributed by atoms with Gasteiger partial charge in [-0.25, -0.2) is 0 Å². The van der Waals surface area contributed by atoms with Crippen molar-refractivity contribution in [1.29, 1.82) is 0 Å². The molecule has 0 heterocycles. The normalized spacial score (nSPS) is 39.5. The summed E-state index contributed by atoms with van der Waals surface area (Å²) < 4.78 is 0. The predicted molar refractivity (Wildman–Crippen MR) is 52.0 cm³/mol. The van der Waals surface area contributed by atoms with Gasteiger partial charge >= 0.3 is 0 Å². The van der Waals surface area contributed by atoms with E-state index in [-0.39, 0.29) is 11.5 Å². The Kier molecular flexibility index (Phi) is 2.28. The van der Waals surface area contributed by atoms with Gasteiger partial charge in [-0.3, -0.25) is 0 Å². The van der Waals surface area contributed by atoms with Crippen molar-refractivity contribution >= 4 is 0 Å². The summed E-state index contributed by atoms with van der Waals surface area (Å²) in [5.41, 5.74) is 0.477. The Balaban J connectivity index is 2.86. The van der Waals surface area contributed by atoms with Crippen LogP contribution in [0.5, 0.6) is 0 Å². The maximum Gasteiger partial charge on any atom is 0.0594 e. The summed E-state index contributed by atoms with van der Waals surface area (Å²) in [6.45, 7) is 11.3. The van der Waals surface area contributed by atoms with E-state index >= 15 is 0 Å². The third kappa shape index (κ3) is 1.39. The van der Waals surface area contributed by atoms with Gasteiger partial charge in [0.05, 0.1) is 6.10 Å². The van der Waals surface area contributed by atoms with Gasteiger partial charge in [0.2, 0.25) is 0 Å². The number of aliphatic hydroxyl groups is 1. The second kappa shape index (κ2) is 2.73. The van der Waals surface area contributed by atoms with Gasteiger partial charge in [-0.1, -0.05) is 34.6 Å². The summed E-state index contributed by atoms with van der Waals surface area (Å²) >= 11 is 0. The maximum atomic E-state index is 9.84. The Bertz CT molecular complexity index is 170. The standard InChI is InChI=1S/C11H22O/c1-8-10(2,3)7-6-9(12)11(8,4)5/h8-9,12H,6-7H2,1-5H3. The zero-order valence-electron chi connectivity index (χ0n) is 9.02. The minimum Gasteiger partial charge on any atom is -0.393 e. The summed E-state index contributed by atoms with van der Waals surface area (Å²) in [5.74, 6) is 0.591. The quantitative estimate of drug-likeness (QED) is 0.592. The van der Waals surface area contributed by atoms with Crippen LogP contribution in [0.15, 0.2) is 0 Å². The summed E-state index contributed by atoms with van der Waals surface area (Å²) in [4.78, 5) is 0. The highest BCUT2D eigenvalue weighted by Gasteiger charge is 2.45. The van der Waals surface area contributed by atoms with E-state index in [0.29, 0.717) is 11.3 Å². The first-order valence-electron chi connectivity index (χ1n) is 4.96. The second-order valence-electron chi connectivity index (χ2n) is 5.59. The molecule has 2 unspecified atom stereocenters. The minimum absolute atomic E-state index is 0.0851. The highest BCUT2D eigenvalue weighted by Crippen LogP contribution is 2.50. The van der Waals surface area contributed by atoms with E-state index in [0.717, 1.165) is 12.8 Å². The number of hydrogen-bond donors (Lipinski definition) is 1. The molecule has 0 aromatic rings. The third-order valence-corrected chi connectivity index (χ3v) is 4.21. The molecule has 0 aromatic heterocycles. The van der Waals surface area contributed by atoms with Crippen molar-refractivity contribution in [2.45, 2.75) is 53.6 Å². The topological polar surface area (TPSA) is 20.2 Å². The Morgan fingerprint density at radius 2 is 1.67 bits per heavy atom. The van der Waals surface area contributed by atoms with Crippen LogP contribution in [0.25, 0.3) is 0 Å². The highest BCUT2D eigenvalue weighted by atomic mass is 16.3. The van der Waals surface area contributed by atoms with Gasteiger partial charge in [-0.15, -0.1) is 0 Å². The lowest BCUT2D eigenvalue weighted by atomic mass is 9.57. The van der Waals surface area contributed by atoms with Crippen LogP contribution < -0.4 is 0 Å². The van der Waals surface area contributed by atoms with Crippen molar-refractivity contribution in [2.24, 2.45) is 16.7 Å². The van der Waals surface area contributed by atoms with Crippen LogP contribution in [0.4, 0.5) is 0 Å². The van der Waals surface area contributed by atoms with Crippen LogP contribution in [0.1, 0.15) is 47.5 Å². The van der Waals surface area contributed by atoms with E-state index in [4.69, 9.17) is 0 Å². The summed E-state index contributed by atoms with van der Waals surface area (Å²) in [7, 11) is 0. The van der Waals surface area contributed by atoms with Gasteiger partial charge in [0.25, 0.3) is 0 Å². The van der Waals surface area contributed by atoms with Crippen molar-refractivity contribution in [1.82, 2.24) is 0 Å². The van der Waals surface area contributed by atoms with E-state index in [1.807, 2.05) is 0 Å². The molecule has 12 heavy (non-hydrogen) atoms. The molecule has 1 nitrogen and oxygen atoms in total. The number of hydrogen-bond acceptors (Lipinski definition) is 1. The molecule has 1 fully saturated rings. The maximum absolute atomic E-state index is 9.84. The van der Waals surface area contributed by atoms with Crippen molar-refractivity contribution in [3.63, 3.8) is 0 Å². The molecule has 1 aliphatic carbocycles. The van der Waals surface area contributed by atoms with Gasteiger partial charge in [0.1, 0.15) is 0 Å². The zero-order chi connectivity index (χ0) is 9.57. The van der Waals surface area contributed by atoms with Gasteiger partial charge in [0.15, 0.2) is 0 Å². The van der Waals surface area contributed by atoms with Crippen molar-refractivity contribution in [3.8, 4) is 0 Å². The van der Waals surface area contributed by atoms with Crippen molar-refractivity contribution in [2.75, 3.05) is 0 Å². The average molecular weight is 170 g/mol. The molecule has 1 aliphatic rings. The van der Waals surface area contributed by atoms with Crippen LogP contribution in [-0.2, 0) is 0 Å². The molecule has 1 N–H and O–H groups in total. The Labute approximate surface area is 76.2 Å². The van der Waals surface area contributed by atoms with E-state index in [9.17, 15) is 5.11 Å². The minimum atomic E-state index is -0.111. The molecule has 0 amide bonds. The van der Waals surface area contributed by atoms with Gasteiger partial charge in [0, 0.05) is 0 Å². The molecule has 0 bridgehead atoms. The second-order valence-corrected chi connectivity index (χ2v) is 5.59. The van der Waals surface area contributed by atoms with Crippen molar-refractivity contribution in [3.05, 3.63) is 0 Å². The SMILES string of the molecule is CC1C(C)(C)CCC(O)C1(C)C. The van der Waals surface area contributed by atoms with Crippen LogP contribution in [-0.4, -0.2) is 11.2 Å². The molecular formula is C11H22O. The fraction of sp³-hybridized carbons (Fsp3) is 1.00. The van der Waals surface area contributed by atoms with E-state index in [1.54, 1.807) is 0 Å². The lowest BCUT2D eigenvalue weighted by Crippen LogP contribution is -2.47. The fourth-order valence-corrected chi connectivity index (χ4v) is 2.39. The average Bonchev–Trinajstić information content (AvgIpc) is 1.96. The van der Waals surface area contributed by atoms with Crippen LogP contribution in [0, 0.1) is 16.7 Å². The molecule has 0 radical (unpaired) electrons. The van der Waals surface area contributed by atoms with Crippen molar-refractivity contribution < 1.29 is 5.11 Å². The number of rotatable bonds is 0. The largest absolute Gasteiger partial charge is 0.393 e. The predicted octanol–water partition coefficient (Wildman–Crippen LogP) is 2.83. The molecule has 1 rings (SSSR count). The zero-order valence-corrected chi connectivity index (χ0v) is 9.02. The van der Waals surface area contributed by atoms with Crippen LogP contribution in [0.2, 0.25) is 0 Å². The Hall–Kier alpha value is -0.0400. The lowest BCUT2D eigenvalue weighted by molar-refractivity contribution is -0.0800. The molecule has 0 aromatic carbocycles. The lowest BCUT2D eigenvalue weighted by Gasteiger charge is -2.50. The Morgan fingerprint density at radius 1 is 1.17 bits per heavy atom. The summed E-state index contributed by atoms with van der Waals surface area (Å²) in [5, 5.41) is 9.84. The van der Waals surface area contributed by atoms with Gasteiger partial charge in [-0.05, 0) is 29.6 Å². The molecule has 2 atom stereocenters. The molecule has 1 heteroatoms. The van der Waals surface area contributed by atoms with Gasteiger partial charge in [-0.2, -0.15) is 0 Å².